The molecule has 3 aromatic rings. The highest BCUT2D eigenvalue weighted by Crippen LogP contribution is 2.35. The lowest BCUT2D eigenvalue weighted by molar-refractivity contribution is -0.128. The Morgan fingerprint density at radius 2 is 2.05 bits per heavy atom. The minimum atomic E-state index is -0.398. The van der Waals surface area contributed by atoms with Gasteiger partial charge in [-0.2, -0.15) is 0 Å². The Bertz CT molecular complexity index is 1400. The zero-order valence-electron chi connectivity index (χ0n) is 20.9. The highest BCUT2D eigenvalue weighted by molar-refractivity contribution is 7.20. The smallest absolute Gasteiger partial charge is 0.261 e. The number of thiophene rings is 1. The first-order chi connectivity index (χ1) is 17.7. The Balaban J connectivity index is 1.52. The van der Waals surface area contributed by atoms with E-state index < -0.39 is 5.54 Å². The van der Waals surface area contributed by atoms with Gasteiger partial charge in [0.2, 0.25) is 18.6 Å². The highest BCUT2D eigenvalue weighted by Gasteiger charge is 2.24. The Morgan fingerprint density at radius 1 is 1.24 bits per heavy atom. The maximum absolute atomic E-state index is 12.9. The van der Waals surface area contributed by atoms with Gasteiger partial charge in [0.05, 0.1) is 11.4 Å². The molecule has 1 saturated heterocycles. The van der Waals surface area contributed by atoms with Crippen molar-refractivity contribution in [3.05, 3.63) is 40.4 Å². The lowest BCUT2D eigenvalue weighted by Gasteiger charge is -2.19. The monoisotopic (exact) mass is 524 g/mol. The fraction of sp³-hybridized carbons (Fsp3) is 0.400. The molecule has 0 spiro atoms. The predicted octanol–water partition coefficient (Wildman–Crippen LogP) is 2.92. The Labute approximate surface area is 217 Å². The summed E-state index contributed by atoms with van der Waals surface area (Å²) in [5, 5.41) is 8.01. The van der Waals surface area contributed by atoms with Gasteiger partial charge >= 0.3 is 0 Å². The Kier molecular flexibility index (Phi) is 6.59. The average Bonchev–Trinajstić information content (AvgIpc) is 3.56. The molecule has 0 bridgehead atoms. The second kappa shape index (κ2) is 9.85. The number of nitrogens with one attached hydrogen (secondary N) is 1. The minimum absolute atomic E-state index is 0.0447. The van der Waals surface area contributed by atoms with Crippen LogP contribution >= 0.6 is 11.3 Å². The molecule has 0 atom stereocenters. The third kappa shape index (κ3) is 5.43. The lowest BCUT2D eigenvalue weighted by atomic mass is 10.0. The zero-order chi connectivity index (χ0) is 26.2. The van der Waals surface area contributed by atoms with Crippen molar-refractivity contribution in [1.82, 2.24) is 20.2 Å². The molecule has 194 valence electrons. The van der Waals surface area contributed by atoms with E-state index in [1.54, 1.807) is 23.1 Å². The van der Waals surface area contributed by atoms with Crippen LogP contribution in [-0.4, -0.2) is 64.4 Å². The first kappa shape index (κ1) is 24.8. The Morgan fingerprint density at radius 3 is 2.81 bits per heavy atom. The number of carbonyl (C=O) groups excluding carboxylic acids is 2. The topological polar surface area (TPSA) is 141 Å². The summed E-state index contributed by atoms with van der Waals surface area (Å²) in [6.45, 7) is 7.25. The third-order valence-corrected chi connectivity index (χ3v) is 6.80. The summed E-state index contributed by atoms with van der Waals surface area (Å²) in [6, 6.07) is 7.14. The van der Waals surface area contributed by atoms with Gasteiger partial charge in [-0.3, -0.25) is 9.59 Å². The molecule has 3 N–H and O–H groups in total. The molecular weight excluding hydrogens is 496 g/mol. The number of carbonyl (C=O) groups is 2. The number of fused-ring (bicyclic) bond motifs is 2. The van der Waals surface area contributed by atoms with Gasteiger partial charge in [-0.15, -0.1) is 11.3 Å². The molecule has 0 unspecified atom stereocenters. The molecule has 2 aliphatic rings. The van der Waals surface area contributed by atoms with Crippen molar-refractivity contribution in [3.63, 3.8) is 0 Å². The van der Waals surface area contributed by atoms with E-state index in [9.17, 15) is 9.59 Å². The van der Waals surface area contributed by atoms with Gasteiger partial charge in [0, 0.05) is 29.5 Å². The highest BCUT2D eigenvalue weighted by atomic mass is 32.1. The van der Waals surface area contributed by atoms with Crippen molar-refractivity contribution < 1.29 is 23.9 Å². The van der Waals surface area contributed by atoms with Gasteiger partial charge in [0.15, 0.2) is 11.5 Å². The van der Waals surface area contributed by atoms with Gasteiger partial charge in [0.1, 0.15) is 22.8 Å². The summed E-state index contributed by atoms with van der Waals surface area (Å²) < 4.78 is 11.0. The van der Waals surface area contributed by atoms with Gasteiger partial charge in [-0.05, 0) is 51.5 Å². The van der Waals surface area contributed by atoms with Crippen LogP contribution in [0.25, 0.3) is 10.2 Å². The van der Waals surface area contributed by atoms with Crippen LogP contribution in [0.3, 0.4) is 0 Å². The number of nitrogens with zero attached hydrogens (tertiary/aromatic N) is 4. The molecule has 2 aliphatic heterocycles. The van der Waals surface area contributed by atoms with Crippen LogP contribution in [0.4, 0.5) is 5.95 Å². The summed E-state index contributed by atoms with van der Waals surface area (Å²) in [5.41, 5.74) is 7.15. The first-order valence-electron chi connectivity index (χ1n) is 12.0. The summed E-state index contributed by atoms with van der Waals surface area (Å²) >= 11 is 1.22. The van der Waals surface area contributed by atoms with Crippen molar-refractivity contribution in [2.75, 3.05) is 32.2 Å². The van der Waals surface area contributed by atoms with E-state index in [-0.39, 0.29) is 31.2 Å². The van der Waals surface area contributed by atoms with Crippen molar-refractivity contribution in [2.24, 2.45) is 5.16 Å². The normalized spacial score (nSPS) is 15.5. The summed E-state index contributed by atoms with van der Waals surface area (Å²) in [4.78, 5) is 42.1. The number of rotatable bonds is 7. The number of hydrogen-bond donors (Lipinski definition) is 2. The number of oxime groups is 1. The number of anilines is 1. The fourth-order valence-electron chi connectivity index (χ4n) is 4.11. The van der Waals surface area contributed by atoms with Gasteiger partial charge < -0.3 is 30.3 Å². The van der Waals surface area contributed by atoms with Crippen molar-refractivity contribution in [2.45, 2.75) is 39.2 Å². The molecule has 0 saturated carbocycles. The molecule has 0 radical (unpaired) electrons. The van der Waals surface area contributed by atoms with E-state index in [2.05, 4.69) is 20.4 Å². The van der Waals surface area contributed by atoms with Crippen LogP contribution in [0.2, 0.25) is 0 Å². The minimum Gasteiger partial charge on any atom is -0.454 e. The molecule has 0 aliphatic carbocycles. The summed E-state index contributed by atoms with van der Waals surface area (Å²) in [6.07, 6.45) is 1.42. The quantitative estimate of drug-likeness (QED) is 0.273. The number of aromatic nitrogens is 2. The lowest BCUT2D eigenvalue weighted by Crippen LogP contribution is -2.40. The fourth-order valence-corrected chi connectivity index (χ4v) is 5.04. The van der Waals surface area contributed by atoms with E-state index in [1.165, 1.54) is 11.3 Å². The number of likely N-dealkylation sites (tertiary alicyclic amines) is 1. The van der Waals surface area contributed by atoms with E-state index in [0.29, 0.717) is 56.5 Å². The van der Waals surface area contributed by atoms with Crippen molar-refractivity contribution >= 4 is 45.0 Å². The molecule has 37 heavy (non-hydrogen) atoms. The largest absolute Gasteiger partial charge is 0.454 e. The molecule has 5 rings (SSSR count). The van der Waals surface area contributed by atoms with E-state index >= 15 is 0 Å². The number of nitrogen functional groups attached to an aromatic ring is 1. The number of hydrogen-bond acceptors (Lipinski definition) is 10. The maximum Gasteiger partial charge on any atom is 0.261 e. The van der Waals surface area contributed by atoms with Crippen LogP contribution in [0.5, 0.6) is 11.5 Å². The van der Waals surface area contributed by atoms with Crippen molar-refractivity contribution in [1.29, 1.82) is 0 Å². The maximum atomic E-state index is 12.9. The van der Waals surface area contributed by atoms with Crippen molar-refractivity contribution in [3.8, 4) is 11.5 Å². The third-order valence-electron chi connectivity index (χ3n) is 5.77. The molecule has 1 fully saturated rings. The van der Waals surface area contributed by atoms with Gasteiger partial charge in [-0.1, -0.05) is 5.16 Å². The van der Waals surface area contributed by atoms with Crippen LogP contribution in [0.15, 0.2) is 29.4 Å². The molecule has 2 aromatic heterocycles. The second-order valence-corrected chi connectivity index (χ2v) is 10.8. The number of nitrogens with two attached hydrogens (primary N) is 1. The molecule has 4 heterocycles. The molecule has 12 heteroatoms. The van der Waals surface area contributed by atoms with E-state index in [0.717, 1.165) is 13.0 Å². The van der Waals surface area contributed by atoms with E-state index in [4.69, 9.17) is 20.0 Å². The van der Waals surface area contributed by atoms with Crippen LogP contribution in [0.1, 0.15) is 54.5 Å². The summed E-state index contributed by atoms with van der Waals surface area (Å²) in [7, 11) is 0. The summed E-state index contributed by atoms with van der Waals surface area (Å²) in [5.74, 6) is 1.15. The molecule has 1 aromatic carbocycles. The van der Waals surface area contributed by atoms with Gasteiger partial charge in [0.25, 0.3) is 5.91 Å². The first-order valence-corrected chi connectivity index (χ1v) is 12.8. The average molecular weight is 525 g/mol. The van der Waals surface area contributed by atoms with Gasteiger partial charge in [-0.25, -0.2) is 9.97 Å². The standard InChI is InChI=1S/C25H28N6O5S/c1-25(2,3)29-22(33)18-12-15-21(27-24(26)28-23(15)37-18)20(14-6-7-16-17(11-14)35-13-34-16)30-36-10-9-31-8-4-5-19(31)32/h6-7,11-12H,4-5,8-10,13H2,1-3H3,(H,29,33)(H2,26,27,28)/b30-20+. The zero-order valence-corrected chi connectivity index (χ0v) is 21.7. The van der Waals surface area contributed by atoms with Crippen LogP contribution in [-0.2, 0) is 9.63 Å². The number of benzene rings is 1. The predicted molar refractivity (Wildman–Crippen MR) is 139 cm³/mol. The number of ether oxygens (including phenoxy) is 2. The van der Waals surface area contributed by atoms with E-state index in [1.807, 2.05) is 26.8 Å². The molecular formula is C25H28N6O5S. The molecule has 11 nitrogen and oxygen atoms in total. The second-order valence-electron chi connectivity index (χ2n) is 9.79. The SMILES string of the molecule is CC(C)(C)NC(=O)c1cc2c(/C(=N/OCCN3CCCC3=O)c3ccc4c(c3)OCO4)nc(N)nc2s1. The van der Waals surface area contributed by atoms with Crippen LogP contribution < -0.4 is 20.5 Å². The van der Waals surface area contributed by atoms with Crippen LogP contribution in [0, 0.1) is 0 Å². The Hall–Kier alpha value is -3.93. The number of amides is 2. The molecule has 2 amide bonds.